The number of ketones is 1. The van der Waals surface area contributed by atoms with Crippen LogP contribution in [0.3, 0.4) is 0 Å². The van der Waals surface area contributed by atoms with Crippen molar-refractivity contribution in [2.45, 2.75) is 20.4 Å². The van der Waals surface area contributed by atoms with Crippen LogP contribution >= 0.6 is 0 Å². The van der Waals surface area contributed by atoms with Gasteiger partial charge in [-0.2, -0.15) is 0 Å². The molecule has 0 spiro atoms. The number of carbonyl (C=O) groups is 1. The quantitative estimate of drug-likeness (QED) is 0.663. The topological polar surface area (TPSA) is 86.0 Å². The van der Waals surface area contributed by atoms with E-state index < -0.39 is 0 Å². The third-order valence-corrected chi connectivity index (χ3v) is 4.46. The number of ether oxygens (including phenoxy) is 1. The summed E-state index contributed by atoms with van der Waals surface area (Å²) in [7, 11) is 0. The maximum atomic E-state index is 12.0. The Morgan fingerprint density at radius 1 is 1.15 bits per heavy atom. The molecule has 4 heterocycles. The van der Waals surface area contributed by atoms with Crippen LogP contribution in [0.15, 0.2) is 24.5 Å². The van der Waals surface area contributed by atoms with Crippen molar-refractivity contribution in [1.29, 1.82) is 0 Å². The fraction of sp³-hybridized carbons (Fsp3) is 0.389. The van der Waals surface area contributed by atoms with Crippen molar-refractivity contribution >= 4 is 22.8 Å². The lowest BCUT2D eigenvalue weighted by molar-refractivity contribution is 0.100. The summed E-state index contributed by atoms with van der Waals surface area (Å²) in [5.74, 6) is 1.56. The van der Waals surface area contributed by atoms with Crippen LogP contribution in [0.1, 0.15) is 24.5 Å². The number of hydrogen-bond donors (Lipinski definition) is 0. The van der Waals surface area contributed by atoms with Crippen LogP contribution in [0, 0.1) is 0 Å². The highest BCUT2D eigenvalue weighted by Crippen LogP contribution is 2.29. The summed E-state index contributed by atoms with van der Waals surface area (Å²) in [5, 5.41) is 0. The van der Waals surface area contributed by atoms with Crippen LogP contribution in [0.2, 0.25) is 0 Å². The van der Waals surface area contributed by atoms with Crippen molar-refractivity contribution < 1.29 is 9.53 Å². The van der Waals surface area contributed by atoms with Gasteiger partial charge in [-0.3, -0.25) is 9.78 Å². The maximum absolute atomic E-state index is 12.0. The van der Waals surface area contributed by atoms with E-state index in [-0.39, 0.29) is 11.6 Å². The van der Waals surface area contributed by atoms with Gasteiger partial charge in [-0.05, 0) is 19.1 Å². The van der Waals surface area contributed by atoms with Gasteiger partial charge >= 0.3 is 0 Å². The highest BCUT2D eigenvalue weighted by Gasteiger charge is 2.24. The highest BCUT2D eigenvalue weighted by atomic mass is 16.5. The maximum Gasteiger partial charge on any atom is 0.199 e. The first kappa shape index (κ1) is 16.6. The Labute approximate surface area is 150 Å². The fourth-order valence-electron chi connectivity index (χ4n) is 3.16. The normalized spacial score (nSPS) is 14.8. The first-order valence-corrected chi connectivity index (χ1v) is 8.71. The van der Waals surface area contributed by atoms with Crippen molar-refractivity contribution in [3.63, 3.8) is 0 Å². The van der Waals surface area contributed by atoms with E-state index in [1.807, 2.05) is 23.6 Å². The Bertz CT molecular complexity index is 947. The van der Waals surface area contributed by atoms with E-state index in [1.165, 1.54) is 6.92 Å². The molecule has 3 aromatic heterocycles. The molecule has 3 aromatic rings. The van der Waals surface area contributed by atoms with E-state index in [9.17, 15) is 4.79 Å². The predicted octanol–water partition coefficient (Wildman–Crippen LogP) is 1.95. The molecule has 0 amide bonds. The molecule has 134 valence electrons. The van der Waals surface area contributed by atoms with E-state index >= 15 is 0 Å². The zero-order valence-electron chi connectivity index (χ0n) is 14.8. The number of hydrogen-bond acceptors (Lipinski definition) is 7. The largest absolute Gasteiger partial charge is 0.378 e. The number of Topliss-reactive ketones (excluding diaryl/α,β-unsaturated/α-hetero) is 1. The summed E-state index contributed by atoms with van der Waals surface area (Å²) >= 11 is 0. The van der Waals surface area contributed by atoms with E-state index in [0.717, 1.165) is 11.4 Å². The zero-order valence-corrected chi connectivity index (χ0v) is 14.8. The second-order valence-corrected chi connectivity index (χ2v) is 6.11. The van der Waals surface area contributed by atoms with Crippen molar-refractivity contribution in [2.24, 2.45) is 0 Å². The van der Waals surface area contributed by atoms with Crippen molar-refractivity contribution in [1.82, 2.24) is 24.5 Å². The fourth-order valence-corrected chi connectivity index (χ4v) is 3.16. The average Bonchev–Trinajstić information content (AvgIpc) is 3.07. The Morgan fingerprint density at radius 2 is 1.88 bits per heavy atom. The van der Waals surface area contributed by atoms with Gasteiger partial charge in [0.15, 0.2) is 28.6 Å². The Balaban J connectivity index is 1.97. The van der Waals surface area contributed by atoms with Gasteiger partial charge in [0, 0.05) is 44.5 Å². The lowest BCUT2D eigenvalue weighted by Gasteiger charge is -2.27. The van der Waals surface area contributed by atoms with Gasteiger partial charge in [0.2, 0.25) is 0 Å². The molecule has 1 aliphatic heterocycles. The lowest BCUT2D eigenvalue weighted by atomic mass is 10.2. The van der Waals surface area contributed by atoms with Crippen molar-refractivity contribution in [2.75, 3.05) is 31.2 Å². The number of anilines is 1. The molecule has 0 radical (unpaired) electrons. The average molecular weight is 352 g/mol. The molecule has 0 unspecified atom stereocenters. The molecule has 0 N–H and O–H groups in total. The number of rotatable bonds is 4. The number of imidazole rings is 1. The molecule has 26 heavy (non-hydrogen) atoms. The third kappa shape index (κ3) is 2.82. The summed E-state index contributed by atoms with van der Waals surface area (Å²) in [5.41, 5.74) is 2.35. The molecule has 0 aromatic carbocycles. The molecule has 1 saturated heterocycles. The molecule has 0 aliphatic carbocycles. The van der Waals surface area contributed by atoms with Gasteiger partial charge in [-0.1, -0.05) is 0 Å². The van der Waals surface area contributed by atoms with Crippen LogP contribution in [-0.2, 0) is 11.3 Å². The van der Waals surface area contributed by atoms with E-state index in [4.69, 9.17) is 9.72 Å². The minimum absolute atomic E-state index is 0.157. The molecule has 8 heteroatoms. The van der Waals surface area contributed by atoms with Gasteiger partial charge < -0.3 is 14.2 Å². The first-order chi connectivity index (χ1) is 12.7. The number of aryl methyl sites for hydroxylation is 1. The second-order valence-electron chi connectivity index (χ2n) is 6.11. The van der Waals surface area contributed by atoms with Gasteiger partial charge in [0.25, 0.3) is 0 Å². The SMILES string of the molecule is CCn1c(-c2ccncc2)nc2c(N3CCOCC3)nc(C(C)=O)nc21. The Kier molecular flexibility index (Phi) is 4.34. The lowest BCUT2D eigenvalue weighted by Crippen LogP contribution is -2.37. The summed E-state index contributed by atoms with van der Waals surface area (Å²) in [6.07, 6.45) is 3.48. The number of aromatic nitrogens is 5. The summed E-state index contributed by atoms with van der Waals surface area (Å²) in [6.45, 7) is 6.90. The summed E-state index contributed by atoms with van der Waals surface area (Å²) in [6, 6.07) is 3.84. The first-order valence-electron chi connectivity index (χ1n) is 8.71. The van der Waals surface area contributed by atoms with Gasteiger partial charge in [-0.15, -0.1) is 0 Å². The summed E-state index contributed by atoms with van der Waals surface area (Å²) < 4.78 is 7.46. The van der Waals surface area contributed by atoms with Gasteiger partial charge in [0.05, 0.1) is 13.2 Å². The second kappa shape index (κ2) is 6.80. The number of nitrogens with zero attached hydrogens (tertiary/aromatic N) is 6. The third-order valence-electron chi connectivity index (χ3n) is 4.46. The van der Waals surface area contributed by atoms with Crippen LogP contribution in [0.5, 0.6) is 0 Å². The van der Waals surface area contributed by atoms with Crippen molar-refractivity contribution in [3.8, 4) is 11.4 Å². The van der Waals surface area contributed by atoms with E-state index in [2.05, 4.69) is 19.9 Å². The van der Waals surface area contributed by atoms with Crippen LogP contribution in [0.25, 0.3) is 22.6 Å². The Morgan fingerprint density at radius 3 is 2.54 bits per heavy atom. The standard InChI is InChI=1S/C18H20N6O2/c1-3-24-16(13-4-6-19-7-5-13)20-14-17(23-8-10-26-11-9-23)21-15(12(2)25)22-18(14)24/h4-7H,3,8-11H2,1-2H3. The minimum atomic E-state index is -0.157. The number of fused-ring (bicyclic) bond motifs is 1. The number of morpholine rings is 1. The molecule has 0 saturated carbocycles. The molecule has 1 aliphatic rings. The van der Waals surface area contributed by atoms with Crippen LogP contribution in [0.4, 0.5) is 5.82 Å². The molecule has 8 nitrogen and oxygen atoms in total. The Hall–Kier alpha value is -2.87. The smallest absolute Gasteiger partial charge is 0.199 e. The molecule has 0 atom stereocenters. The van der Waals surface area contributed by atoms with Crippen LogP contribution < -0.4 is 4.90 Å². The monoisotopic (exact) mass is 352 g/mol. The molecule has 0 bridgehead atoms. The van der Waals surface area contributed by atoms with E-state index in [1.54, 1.807) is 12.4 Å². The molecular formula is C18H20N6O2. The molecular weight excluding hydrogens is 332 g/mol. The summed E-state index contributed by atoms with van der Waals surface area (Å²) in [4.78, 5) is 32.1. The number of carbonyl (C=O) groups excluding carboxylic acids is 1. The van der Waals surface area contributed by atoms with Crippen molar-refractivity contribution in [3.05, 3.63) is 30.4 Å². The minimum Gasteiger partial charge on any atom is -0.378 e. The zero-order chi connectivity index (χ0) is 18.1. The molecule has 4 rings (SSSR count). The highest BCUT2D eigenvalue weighted by molar-refractivity contribution is 5.95. The van der Waals surface area contributed by atoms with E-state index in [0.29, 0.717) is 49.8 Å². The molecule has 1 fully saturated rings. The number of pyridine rings is 1. The predicted molar refractivity (Wildman–Crippen MR) is 97.3 cm³/mol. The van der Waals surface area contributed by atoms with Crippen LogP contribution in [-0.4, -0.2) is 56.6 Å². The van der Waals surface area contributed by atoms with Gasteiger partial charge in [-0.25, -0.2) is 15.0 Å². The van der Waals surface area contributed by atoms with Gasteiger partial charge in [0.1, 0.15) is 5.82 Å².